The Kier molecular flexibility index (Phi) is 3.03. The summed E-state index contributed by atoms with van der Waals surface area (Å²) in [5.74, 6) is -0.639. The molecule has 2 nitrogen and oxygen atoms in total. The number of aliphatic hydroxyl groups is 1. The van der Waals surface area contributed by atoms with Gasteiger partial charge in [0.2, 0.25) is 0 Å². The fraction of sp³-hybridized carbons (Fsp3) is 0. The van der Waals surface area contributed by atoms with Gasteiger partial charge in [0.15, 0.2) is 6.29 Å². The van der Waals surface area contributed by atoms with Crippen molar-refractivity contribution in [3.8, 4) is 0 Å². The van der Waals surface area contributed by atoms with E-state index < -0.39 is 5.82 Å². The van der Waals surface area contributed by atoms with Gasteiger partial charge < -0.3 is 5.11 Å². The second kappa shape index (κ2) is 4.05. The van der Waals surface area contributed by atoms with E-state index in [2.05, 4.69) is 0 Å². The van der Waals surface area contributed by atoms with E-state index in [4.69, 9.17) is 16.7 Å². The highest BCUT2D eigenvalue weighted by Crippen LogP contribution is 2.24. The van der Waals surface area contributed by atoms with E-state index in [9.17, 15) is 9.18 Å². The van der Waals surface area contributed by atoms with Crippen LogP contribution in [0.15, 0.2) is 24.5 Å². The molecule has 1 aromatic carbocycles. The van der Waals surface area contributed by atoms with Crippen LogP contribution in [0.3, 0.4) is 0 Å². The number of benzene rings is 1. The van der Waals surface area contributed by atoms with Gasteiger partial charge in [0.1, 0.15) is 5.82 Å². The molecule has 1 N–H and O–H groups in total. The lowest BCUT2D eigenvalue weighted by Crippen LogP contribution is -1.92. The molecule has 0 aliphatic rings. The van der Waals surface area contributed by atoms with Crippen LogP contribution in [0.4, 0.5) is 4.39 Å². The zero-order chi connectivity index (χ0) is 9.84. The Labute approximate surface area is 79.3 Å². The average molecular weight is 201 g/mol. The summed E-state index contributed by atoms with van der Waals surface area (Å²) < 4.78 is 13.1. The summed E-state index contributed by atoms with van der Waals surface area (Å²) in [6.45, 7) is 0. The van der Waals surface area contributed by atoms with Gasteiger partial charge in [0.25, 0.3) is 0 Å². The maximum absolute atomic E-state index is 13.1. The van der Waals surface area contributed by atoms with E-state index in [0.29, 0.717) is 12.5 Å². The van der Waals surface area contributed by atoms with Crippen LogP contribution in [-0.4, -0.2) is 11.4 Å². The minimum absolute atomic E-state index is 0.0818. The topological polar surface area (TPSA) is 37.3 Å². The van der Waals surface area contributed by atoms with Crippen molar-refractivity contribution in [2.24, 2.45) is 0 Å². The Hall–Kier alpha value is -1.35. The third-order valence-electron chi connectivity index (χ3n) is 1.52. The van der Waals surface area contributed by atoms with Gasteiger partial charge >= 0.3 is 0 Å². The van der Waals surface area contributed by atoms with Crippen molar-refractivity contribution in [2.45, 2.75) is 0 Å². The molecule has 0 heterocycles. The fourth-order valence-electron chi connectivity index (χ4n) is 0.928. The second-order valence-electron chi connectivity index (χ2n) is 2.30. The third-order valence-corrected chi connectivity index (χ3v) is 1.83. The molecule has 0 saturated heterocycles. The quantitative estimate of drug-likeness (QED) is 0.453. The number of aldehydes is 1. The van der Waals surface area contributed by atoms with E-state index in [1.54, 1.807) is 0 Å². The van der Waals surface area contributed by atoms with Gasteiger partial charge in [-0.2, -0.15) is 0 Å². The minimum Gasteiger partial charge on any atom is -0.515 e. The van der Waals surface area contributed by atoms with E-state index in [0.717, 1.165) is 6.07 Å². The lowest BCUT2D eigenvalue weighted by atomic mass is 10.1. The SMILES string of the molecule is O=C/C(=C\O)c1c(F)cccc1Cl. The Morgan fingerprint density at radius 2 is 2.23 bits per heavy atom. The van der Waals surface area contributed by atoms with Crippen molar-refractivity contribution in [1.82, 2.24) is 0 Å². The molecule has 0 aliphatic carbocycles. The zero-order valence-electron chi connectivity index (χ0n) is 6.50. The Morgan fingerprint density at radius 3 is 2.69 bits per heavy atom. The lowest BCUT2D eigenvalue weighted by molar-refractivity contribution is -0.103. The van der Waals surface area contributed by atoms with Crippen LogP contribution in [0.25, 0.3) is 5.57 Å². The second-order valence-corrected chi connectivity index (χ2v) is 2.71. The van der Waals surface area contributed by atoms with Gasteiger partial charge in [-0.25, -0.2) is 4.39 Å². The first-order valence-electron chi connectivity index (χ1n) is 3.44. The monoisotopic (exact) mass is 200 g/mol. The van der Waals surface area contributed by atoms with Gasteiger partial charge in [-0.3, -0.25) is 4.79 Å². The van der Waals surface area contributed by atoms with Gasteiger partial charge in [0.05, 0.1) is 16.9 Å². The summed E-state index contributed by atoms with van der Waals surface area (Å²) in [6, 6.07) is 4.02. The predicted molar refractivity (Wildman–Crippen MR) is 48.1 cm³/mol. The molecule has 0 fully saturated rings. The van der Waals surface area contributed by atoms with Gasteiger partial charge in [-0.1, -0.05) is 17.7 Å². The van der Waals surface area contributed by atoms with Crippen molar-refractivity contribution in [3.05, 3.63) is 40.9 Å². The van der Waals surface area contributed by atoms with Gasteiger partial charge in [0, 0.05) is 5.56 Å². The first kappa shape index (κ1) is 9.74. The van der Waals surface area contributed by atoms with Crippen molar-refractivity contribution < 1.29 is 14.3 Å². The summed E-state index contributed by atoms with van der Waals surface area (Å²) in [4.78, 5) is 10.4. The Balaban J connectivity index is 3.35. The number of allylic oxidation sites excluding steroid dienone is 1. The molecule has 0 unspecified atom stereocenters. The molecule has 13 heavy (non-hydrogen) atoms. The Bertz CT molecular complexity index is 340. The molecule has 0 spiro atoms. The zero-order valence-corrected chi connectivity index (χ0v) is 7.25. The summed E-state index contributed by atoms with van der Waals surface area (Å²) in [5.41, 5.74) is -0.259. The van der Waals surface area contributed by atoms with Crippen molar-refractivity contribution in [3.63, 3.8) is 0 Å². The van der Waals surface area contributed by atoms with E-state index in [1.165, 1.54) is 12.1 Å². The molecule has 0 radical (unpaired) electrons. The standard InChI is InChI=1S/C9H6ClFO2/c10-7-2-1-3-8(11)9(7)6(4-12)5-13/h1-5,12H/b6-4+. The first-order chi connectivity index (χ1) is 6.20. The smallest absolute Gasteiger partial charge is 0.153 e. The summed E-state index contributed by atoms with van der Waals surface area (Å²) in [5, 5.41) is 8.70. The summed E-state index contributed by atoms with van der Waals surface area (Å²) in [7, 11) is 0. The molecule has 0 aliphatic heterocycles. The molecular formula is C9H6ClFO2. The number of hydrogen-bond donors (Lipinski definition) is 1. The van der Waals surface area contributed by atoms with Crippen LogP contribution in [0, 0.1) is 5.82 Å². The fourth-order valence-corrected chi connectivity index (χ4v) is 1.20. The highest BCUT2D eigenvalue weighted by atomic mass is 35.5. The first-order valence-corrected chi connectivity index (χ1v) is 3.82. The average Bonchev–Trinajstić information content (AvgIpc) is 2.11. The maximum atomic E-state index is 13.1. The number of hydrogen-bond acceptors (Lipinski definition) is 2. The number of halogens is 2. The molecule has 1 aromatic rings. The molecule has 0 bridgehead atoms. The molecule has 4 heteroatoms. The highest BCUT2D eigenvalue weighted by Gasteiger charge is 2.11. The largest absolute Gasteiger partial charge is 0.515 e. The van der Waals surface area contributed by atoms with Crippen molar-refractivity contribution in [2.75, 3.05) is 0 Å². The van der Waals surface area contributed by atoms with Crippen LogP contribution >= 0.6 is 11.6 Å². The van der Waals surface area contributed by atoms with E-state index in [1.807, 2.05) is 0 Å². The summed E-state index contributed by atoms with van der Waals surface area (Å²) in [6.07, 6.45) is 0.863. The van der Waals surface area contributed by atoms with Crippen LogP contribution in [0.2, 0.25) is 5.02 Å². The molecule has 0 aromatic heterocycles. The summed E-state index contributed by atoms with van der Waals surface area (Å²) >= 11 is 5.63. The molecule has 0 saturated carbocycles. The van der Waals surface area contributed by atoms with Crippen LogP contribution in [-0.2, 0) is 4.79 Å². The molecule has 0 amide bonds. The van der Waals surface area contributed by atoms with Crippen LogP contribution in [0.5, 0.6) is 0 Å². The van der Waals surface area contributed by atoms with Crippen LogP contribution < -0.4 is 0 Å². The highest BCUT2D eigenvalue weighted by molar-refractivity contribution is 6.33. The molecular weight excluding hydrogens is 195 g/mol. The molecule has 1 rings (SSSR count). The normalized spacial score (nSPS) is 11.4. The maximum Gasteiger partial charge on any atom is 0.153 e. The van der Waals surface area contributed by atoms with E-state index >= 15 is 0 Å². The van der Waals surface area contributed by atoms with Crippen molar-refractivity contribution >= 4 is 23.5 Å². The predicted octanol–water partition coefficient (Wildman–Crippen LogP) is 2.58. The van der Waals surface area contributed by atoms with Gasteiger partial charge in [-0.05, 0) is 12.1 Å². The third kappa shape index (κ3) is 1.87. The van der Waals surface area contributed by atoms with E-state index in [-0.39, 0.29) is 16.2 Å². The lowest BCUT2D eigenvalue weighted by Gasteiger charge is -2.02. The Morgan fingerprint density at radius 1 is 1.54 bits per heavy atom. The number of aliphatic hydroxyl groups excluding tert-OH is 1. The minimum atomic E-state index is -0.639. The molecule has 0 atom stereocenters. The number of carbonyl (C=O) groups excluding carboxylic acids is 1. The number of carbonyl (C=O) groups is 1. The van der Waals surface area contributed by atoms with Crippen molar-refractivity contribution in [1.29, 1.82) is 0 Å². The van der Waals surface area contributed by atoms with Gasteiger partial charge in [-0.15, -0.1) is 0 Å². The molecule has 68 valence electrons. The van der Waals surface area contributed by atoms with Crippen LogP contribution in [0.1, 0.15) is 5.56 Å². The number of rotatable bonds is 2.